The lowest BCUT2D eigenvalue weighted by molar-refractivity contribution is -0.111. The number of aromatic nitrogens is 1. The van der Waals surface area contributed by atoms with E-state index in [1.807, 2.05) is 42.5 Å². The first-order chi connectivity index (χ1) is 19.0. The zero-order chi connectivity index (χ0) is 26.8. The van der Waals surface area contributed by atoms with Crippen LogP contribution in [0.25, 0.3) is 51.1 Å². The molecule has 0 aliphatic rings. The van der Waals surface area contributed by atoms with Gasteiger partial charge in [0, 0.05) is 22.9 Å². The van der Waals surface area contributed by atoms with E-state index in [0.717, 1.165) is 16.7 Å². The molecule has 2 aromatic heterocycles. The van der Waals surface area contributed by atoms with Gasteiger partial charge >= 0.3 is 0 Å². The Morgan fingerprint density at radius 3 is 2.33 bits per heavy atom. The maximum Gasteiger partial charge on any atom is 0.248 e. The molecular formula is C32H20ClFN2O3. The van der Waals surface area contributed by atoms with Crippen LogP contribution >= 0.6 is 11.6 Å². The predicted octanol–water partition coefficient (Wildman–Crippen LogP) is 8.87. The van der Waals surface area contributed by atoms with E-state index in [1.54, 1.807) is 42.5 Å². The number of nitrogens with zero attached hydrogens (tertiary/aromatic N) is 1. The van der Waals surface area contributed by atoms with Gasteiger partial charge in [-0.2, -0.15) is 0 Å². The molecule has 190 valence electrons. The fourth-order valence-corrected chi connectivity index (χ4v) is 4.33. The van der Waals surface area contributed by atoms with Crippen LogP contribution in [0.4, 0.5) is 10.1 Å². The van der Waals surface area contributed by atoms with Crippen molar-refractivity contribution < 1.29 is 18.0 Å². The molecule has 0 saturated heterocycles. The van der Waals surface area contributed by atoms with E-state index in [1.165, 1.54) is 18.2 Å². The topological polar surface area (TPSA) is 68.3 Å². The Balaban J connectivity index is 1.13. The van der Waals surface area contributed by atoms with Crippen LogP contribution in [0.2, 0.25) is 5.02 Å². The maximum absolute atomic E-state index is 13.4. The minimum atomic E-state index is -0.499. The largest absolute Gasteiger partial charge is 0.457 e. The van der Waals surface area contributed by atoms with Crippen LogP contribution in [0, 0.1) is 5.82 Å². The molecule has 6 rings (SSSR count). The molecule has 0 fully saturated rings. The SMILES string of the molecule is O=C(/C=C/c1ccc(-c2ccc(F)c(Cl)c2)o1)Nc1ccc2oc(-c3ccc(-c4ccccc4)cc3)nc2c1. The molecule has 0 saturated carbocycles. The minimum absolute atomic E-state index is 0.0116. The van der Waals surface area contributed by atoms with Gasteiger partial charge in [-0.15, -0.1) is 0 Å². The molecule has 0 unspecified atom stereocenters. The number of rotatable bonds is 6. The summed E-state index contributed by atoms with van der Waals surface area (Å²) in [5, 5.41) is 2.83. The van der Waals surface area contributed by atoms with Crippen molar-refractivity contribution in [2.45, 2.75) is 0 Å². The first-order valence-electron chi connectivity index (χ1n) is 12.1. The zero-order valence-corrected chi connectivity index (χ0v) is 21.2. The summed E-state index contributed by atoms with van der Waals surface area (Å²) in [7, 11) is 0. The van der Waals surface area contributed by atoms with Gasteiger partial charge in [0.25, 0.3) is 0 Å². The van der Waals surface area contributed by atoms with Crippen LogP contribution in [0.5, 0.6) is 0 Å². The number of hydrogen-bond acceptors (Lipinski definition) is 4. The third-order valence-electron chi connectivity index (χ3n) is 6.12. The summed E-state index contributed by atoms with van der Waals surface area (Å²) < 4.78 is 25.1. The van der Waals surface area contributed by atoms with Crippen LogP contribution in [-0.2, 0) is 4.79 Å². The molecule has 4 aromatic carbocycles. The fourth-order valence-electron chi connectivity index (χ4n) is 4.15. The van der Waals surface area contributed by atoms with Crippen molar-refractivity contribution in [1.29, 1.82) is 0 Å². The van der Waals surface area contributed by atoms with E-state index < -0.39 is 5.82 Å². The number of benzene rings is 4. The Kier molecular flexibility index (Phi) is 6.53. The number of hydrogen-bond donors (Lipinski definition) is 1. The second kappa shape index (κ2) is 10.4. The Bertz CT molecular complexity index is 1820. The van der Waals surface area contributed by atoms with E-state index in [9.17, 15) is 9.18 Å². The molecule has 6 aromatic rings. The first kappa shape index (κ1) is 24.4. The van der Waals surface area contributed by atoms with Crippen molar-refractivity contribution in [3.63, 3.8) is 0 Å². The van der Waals surface area contributed by atoms with Gasteiger partial charge in [-0.3, -0.25) is 4.79 Å². The molecule has 1 N–H and O–H groups in total. The van der Waals surface area contributed by atoms with Crippen molar-refractivity contribution >= 4 is 40.4 Å². The Hall–Kier alpha value is -4.94. The summed E-state index contributed by atoms with van der Waals surface area (Å²) in [6.07, 6.45) is 2.92. The molecule has 0 atom stereocenters. The van der Waals surface area contributed by atoms with Crippen molar-refractivity contribution in [2.24, 2.45) is 0 Å². The lowest BCUT2D eigenvalue weighted by Gasteiger charge is -2.02. The van der Waals surface area contributed by atoms with Crippen LogP contribution in [-0.4, -0.2) is 10.9 Å². The molecule has 5 nitrogen and oxygen atoms in total. The standard InChI is InChI=1S/C32H20ClFN2O3/c33-26-18-23(10-14-27(26)34)29-16-12-25(38-29)13-17-31(37)35-24-11-15-30-28(19-24)36-32(39-30)22-8-6-21(7-9-22)20-4-2-1-3-5-20/h1-19H,(H,35,37)/b17-13+. The number of fused-ring (bicyclic) bond motifs is 1. The van der Waals surface area contributed by atoms with E-state index in [4.69, 9.17) is 20.4 Å². The van der Waals surface area contributed by atoms with Crippen LogP contribution < -0.4 is 5.32 Å². The van der Waals surface area contributed by atoms with Gasteiger partial charge in [0.05, 0.1) is 5.02 Å². The van der Waals surface area contributed by atoms with E-state index in [2.05, 4.69) is 22.4 Å². The van der Waals surface area contributed by atoms with Crippen molar-refractivity contribution in [3.05, 3.63) is 126 Å². The summed E-state index contributed by atoms with van der Waals surface area (Å²) in [5.74, 6) is 0.650. The van der Waals surface area contributed by atoms with Crippen LogP contribution in [0.1, 0.15) is 5.76 Å². The number of halogens is 2. The van der Waals surface area contributed by atoms with Gasteiger partial charge < -0.3 is 14.2 Å². The van der Waals surface area contributed by atoms with E-state index in [-0.39, 0.29) is 10.9 Å². The maximum atomic E-state index is 13.4. The van der Waals surface area contributed by atoms with Crippen LogP contribution in [0.3, 0.4) is 0 Å². The molecule has 2 heterocycles. The molecule has 0 bridgehead atoms. The van der Waals surface area contributed by atoms with Gasteiger partial charge in [0.1, 0.15) is 22.9 Å². The smallest absolute Gasteiger partial charge is 0.248 e. The lowest BCUT2D eigenvalue weighted by Crippen LogP contribution is -2.07. The average Bonchev–Trinajstić information content (AvgIpc) is 3.61. The quantitative estimate of drug-likeness (QED) is 0.217. The molecule has 0 radical (unpaired) electrons. The normalized spacial score (nSPS) is 11.3. The molecular weight excluding hydrogens is 515 g/mol. The summed E-state index contributed by atoms with van der Waals surface area (Å²) in [6, 6.07) is 31.2. The number of anilines is 1. The second-order valence-corrected chi connectivity index (χ2v) is 9.21. The summed E-state index contributed by atoms with van der Waals surface area (Å²) in [4.78, 5) is 17.1. The van der Waals surface area contributed by atoms with Gasteiger partial charge in [-0.25, -0.2) is 9.37 Å². The summed E-state index contributed by atoms with van der Waals surface area (Å²) >= 11 is 5.85. The van der Waals surface area contributed by atoms with Crippen molar-refractivity contribution in [3.8, 4) is 33.9 Å². The highest BCUT2D eigenvalue weighted by Crippen LogP contribution is 2.29. The number of oxazole rings is 1. The lowest BCUT2D eigenvalue weighted by atomic mass is 10.0. The highest BCUT2D eigenvalue weighted by molar-refractivity contribution is 6.31. The average molecular weight is 535 g/mol. The van der Waals surface area contributed by atoms with Gasteiger partial charge in [-0.05, 0) is 77.9 Å². The molecule has 0 aliphatic heterocycles. The van der Waals surface area contributed by atoms with Gasteiger partial charge in [-0.1, -0.05) is 54.1 Å². The van der Waals surface area contributed by atoms with E-state index in [0.29, 0.717) is 39.8 Å². The Labute approximate surface area is 228 Å². The molecule has 1 amide bonds. The van der Waals surface area contributed by atoms with E-state index >= 15 is 0 Å². The molecule has 0 aliphatic carbocycles. The predicted molar refractivity (Wildman–Crippen MR) is 152 cm³/mol. The zero-order valence-electron chi connectivity index (χ0n) is 20.4. The number of nitrogens with one attached hydrogen (secondary N) is 1. The minimum Gasteiger partial charge on any atom is -0.457 e. The molecule has 0 spiro atoms. The Morgan fingerprint density at radius 1 is 0.795 bits per heavy atom. The van der Waals surface area contributed by atoms with Crippen LogP contribution in [0.15, 0.2) is 118 Å². The van der Waals surface area contributed by atoms with Crippen molar-refractivity contribution in [1.82, 2.24) is 4.98 Å². The number of furan rings is 1. The Morgan fingerprint density at radius 2 is 1.54 bits per heavy atom. The first-order valence-corrected chi connectivity index (χ1v) is 12.5. The highest BCUT2D eigenvalue weighted by Gasteiger charge is 2.11. The fraction of sp³-hybridized carbons (Fsp3) is 0. The molecule has 39 heavy (non-hydrogen) atoms. The number of carbonyl (C=O) groups excluding carboxylic acids is 1. The number of amides is 1. The number of carbonyl (C=O) groups is 1. The molecule has 7 heteroatoms. The second-order valence-electron chi connectivity index (χ2n) is 8.80. The third kappa shape index (κ3) is 5.37. The van der Waals surface area contributed by atoms with Crippen molar-refractivity contribution in [2.75, 3.05) is 5.32 Å². The summed E-state index contributed by atoms with van der Waals surface area (Å²) in [5.41, 5.74) is 5.58. The monoisotopic (exact) mass is 534 g/mol. The van der Waals surface area contributed by atoms with Gasteiger partial charge in [0.15, 0.2) is 5.58 Å². The third-order valence-corrected chi connectivity index (χ3v) is 6.41. The van der Waals surface area contributed by atoms with Gasteiger partial charge in [0.2, 0.25) is 11.8 Å². The highest BCUT2D eigenvalue weighted by atomic mass is 35.5. The summed E-state index contributed by atoms with van der Waals surface area (Å²) in [6.45, 7) is 0.